The summed E-state index contributed by atoms with van der Waals surface area (Å²) in [6.45, 7) is 4.18. The standard InChI is InChI=1S/C11H11F2O/c1-2-14-8-4-6-9-5-3-7-10(12)11(9)13/h3-7H,1-2,8H2/b6-4+. The zero-order valence-corrected chi connectivity index (χ0v) is 7.67. The van der Waals surface area contributed by atoms with Gasteiger partial charge in [-0.05, 0) is 13.0 Å². The van der Waals surface area contributed by atoms with Crippen molar-refractivity contribution in [3.63, 3.8) is 0 Å². The van der Waals surface area contributed by atoms with Gasteiger partial charge in [0.25, 0.3) is 0 Å². The molecule has 75 valence electrons. The van der Waals surface area contributed by atoms with E-state index in [4.69, 9.17) is 4.74 Å². The molecule has 0 saturated carbocycles. The third kappa shape index (κ3) is 2.92. The Kier molecular flexibility index (Phi) is 4.26. The van der Waals surface area contributed by atoms with Crippen molar-refractivity contribution in [2.75, 3.05) is 13.2 Å². The average molecular weight is 197 g/mol. The quantitative estimate of drug-likeness (QED) is 0.674. The van der Waals surface area contributed by atoms with Crippen LogP contribution in [-0.4, -0.2) is 13.2 Å². The third-order valence-electron chi connectivity index (χ3n) is 1.64. The van der Waals surface area contributed by atoms with Crippen LogP contribution in [0, 0.1) is 18.6 Å². The lowest BCUT2D eigenvalue weighted by Gasteiger charge is -1.97. The fourth-order valence-electron chi connectivity index (χ4n) is 0.976. The number of hydrogen-bond donors (Lipinski definition) is 0. The van der Waals surface area contributed by atoms with Crippen LogP contribution < -0.4 is 0 Å². The summed E-state index contributed by atoms with van der Waals surface area (Å²) in [7, 11) is 0. The molecule has 0 fully saturated rings. The summed E-state index contributed by atoms with van der Waals surface area (Å²) < 4.78 is 30.6. The maximum absolute atomic E-state index is 13.0. The minimum absolute atomic E-state index is 0.220. The Morgan fingerprint density at radius 1 is 1.36 bits per heavy atom. The van der Waals surface area contributed by atoms with Gasteiger partial charge in [0.1, 0.15) is 0 Å². The highest BCUT2D eigenvalue weighted by atomic mass is 19.2. The smallest absolute Gasteiger partial charge is 0.166 e. The van der Waals surface area contributed by atoms with Crippen LogP contribution in [0.4, 0.5) is 8.78 Å². The van der Waals surface area contributed by atoms with Gasteiger partial charge in [0.2, 0.25) is 0 Å². The molecule has 0 amide bonds. The number of halogens is 2. The van der Waals surface area contributed by atoms with Crippen LogP contribution in [0.2, 0.25) is 0 Å². The molecular weight excluding hydrogens is 186 g/mol. The Hall–Kier alpha value is -1.22. The molecule has 0 spiro atoms. The molecule has 0 aliphatic carbocycles. The largest absolute Gasteiger partial charge is 0.377 e. The summed E-state index contributed by atoms with van der Waals surface area (Å²) in [5.74, 6) is -1.68. The molecule has 3 heteroatoms. The first kappa shape index (κ1) is 10.9. The van der Waals surface area contributed by atoms with E-state index < -0.39 is 11.6 Å². The van der Waals surface area contributed by atoms with Gasteiger partial charge in [0.15, 0.2) is 11.6 Å². The first-order valence-corrected chi connectivity index (χ1v) is 4.23. The van der Waals surface area contributed by atoms with E-state index in [9.17, 15) is 8.78 Å². The lowest BCUT2D eigenvalue weighted by molar-refractivity contribution is 0.193. The molecule has 1 radical (unpaired) electrons. The van der Waals surface area contributed by atoms with Crippen molar-refractivity contribution < 1.29 is 13.5 Å². The van der Waals surface area contributed by atoms with E-state index in [1.807, 2.05) is 0 Å². The maximum Gasteiger partial charge on any atom is 0.166 e. The normalized spacial score (nSPS) is 11.1. The summed E-state index contributed by atoms with van der Waals surface area (Å²) in [5, 5.41) is 0. The Morgan fingerprint density at radius 3 is 2.86 bits per heavy atom. The number of ether oxygens (including phenoxy) is 1. The monoisotopic (exact) mass is 197 g/mol. The van der Waals surface area contributed by atoms with E-state index >= 15 is 0 Å². The number of hydrogen-bond acceptors (Lipinski definition) is 1. The molecule has 1 aromatic carbocycles. The Bertz CT molecular complexity index is 321. The van der Waals surface area contributed by atoms with E-state index in [1.54, 1.807) is 6.08 Å². The van der Waals surface area contributed by atoms with Crippen LogP contribution in [0.5, 0.6) is 0 Å². The second-order valence-corrected chi connectivity index (χ2v) is 2.62. The Labute approximate surface area is 82.0 Å². The fourth-order valence-corrected chi connectivity index (χ4v) is 0.976. The molecule has 0 aliphatic rings. The first-order chi connectivity index (χ1) is 6.75. The summed E-state index contributed by atoms with van der Waals surface area (Å²) >= 11 is 0. The van der Waals surface area contributed by atoms with Gasteiger partial charge in [0, 0.05) is 12.2 Å². The summed E-state index contributed by atoms with van der Waals surface area (Å²) in [5.41, 5.74) is 0.220. The second-order valence-electron chi connectivity index (χ2n) is 2.62. The van der Waals surface area contributed by atoms with E-state index in [0.29, 0.717) is 13.2 Å². The molecule has 0 heterocycles. The highest BCUT2D eigenvalue weighted by Gasteiger charge is 2.03. The van der Waals surface area contributed by atoms with Gasteiger partial charge in [-0.25, -0.2) is 8.78 Å². The van der Waals surface area contributed by atoms with Gasteiger partial charge in [-0.2, -0.15) is 0 Å². The van der Waals surface area contributed by atoms with Crippen LogP contribution in [-0.2, 0) is 4.74 Å². The molecule has 1 nitrogen and oxygen atoms in total. The molecule has 0 aromatic heterocycles. The zero-order chi connectivity index (χ0) is 10.4. The van der Waals surface area contributed by atoms with Crippen LogP contribution in [0.15, 0.2) is 24.3 Å². The van der Waals surface area contributed by atoms with Crippen LogP contribution in [0.3, 0.4) is 0 Å². The highest BCUT2D eigenvalue weighted by molar-refractivity contribution is 5.49. The van der Waals surface area contributed by atoms with Crippen LogP contribution >= 0.6 is 0 Å². The predicted molar refractivity (Wildman–Crippen MR) is 51.6 cm³/mol. The van der Waals surface area contributed by atoms with Crippen LogP contribution in [0.25, 0.3) is 6.08 Å². The summed E-state index contributed by atoms with van der Waals surface area (Å²) in [4.78, 5) is 0. The molecule has 0 atom stereocenters. The molecule has 0 saturated heterocycles. The molecule has 0 unspecified atom stereocenters. The molecule has 0 bridgehead atoms. The van der Waals surface area contributed by atoms with Crippen molar-refractivity contribution >= 4 is 6.08 Å². The first-order valence-electron chi connectivity index (χ1n) is 4.23. The predicted octanol–water partition coefficient (Wildman–Crippen LogP) is 2.83. The minimum atomic E-state index is -0.842. The lowest BCUT2D eigenvalue weighted by Crippen LogP contribution is -1.90. The van der Waals surface area contributed by atoms with Crippen molar-refractivity contribution in [2.24, 2.45) is 0 Å². The highest BCUT2D eigenvalue weighted by Crippen LogP contribution is 2.12. The van der Waals surface area contributed by atoms with E-state index in [0.717, 1.165) is 6.07 Å². The topological polar surface area (TPSA) is 9.23 Å². The Morgan fingerprint density at radius 2 is 2.14 bits per heavy atom. The molecule has 0 aliphatic heterocycles. The molecule has 1 rings (SSSR count). The third-order valence-corrected chi connectivity index (χ3v) is 1.64. The molecule has 0 N–H and O–H groups in total. The summed E-state index contributed by atoms with van der Waals surface area (Å²) in [6.07, 6.45) is 3.09. The fraction of sp³-hybridized carbons (Fsp3) is 0.182. The summed E-state index contributed by atoms with van der Waals surface area (Å²) in [6, 6.07) is 4.04. The van der Waals surface area contributed by atoms with E-state index in [2.05, 4.69) is 6.92 Å². The van der Waals surface area contributed by atoms with Crippen molar-refractivity contribution in [1.82, 2.24) is 0 Å². The number of benzene rings is 1. The molecule has 14 heavy (non-hydrogen) atoms. The van der Waals surface area contributed by atoms with Gasteiger partial charge in [-0.3, -0.25) is 0 Å². The molecular formula is C11H11F2O. The van der Waals surface area contributed by atoms with Crippen molar-refractivity contribution in [2.45, 2.75) is 0 Å². The van der Waals surface area contributed by atoms with E-state index in [-0.39, 0.29) is 5.56 Å². The minimum Gasteiger partial charge on any atom is -0.377 e. The molecule has 1 aromatic rings. The number of rotatable bonds is 4. The van der Waals surface area contributed by atoms with Crippen molar-refractivity contribution in [3.8, 4) is 0 Å². The van der Waals surface area contributed by atoms with E-state index in [1.165, 1.54) is 18.2 Å². The zero-order valence-electron chi connectivity index (χ0n) is 7.67. The van der Waals surface area contributed by atoms with Gasteiger partial charge >= 0.3 is 0 Å². The van der Waals surface area contributed by atoms with Crippen molar-refractivity contribution in [1.29, 1.82) is 0 Å². The second kappa shape index (κ2) is 5.50. The van der Waals surface area contributed by atoms with Gasteiger partial charge in [0.05, 0.1) is 6.61 Å². The van der Waals surface area contributed by atoms with Gasteiger partial charge in [-0.15, -0.1) is 0 Å². The van der Waals surface area contributed by atoms with Crippen molar-refractivity contribution in [3.05, 3.63) is 48.4 Å². The maximum atomic E-state index is 13.0. The SMILES string of the molecule is [CH2]COC/C=C/c1cccc(F)c1F. The van der Waals surface area contributed by atoms with Crippen LogP contribution in [0.1, 0.15) is 5.56 Å². The van der Waals surface area contributed by atoms with Gasteiger partial charge < -0.3 is 4.74 Å². The van der Waals surface area contributed by atoms with Gasteiger partial charge in [-0.1, -0.05) is 24.3 Å². The average Bonchev–Trinajstić information content (AvgIpc) is 2.19. The Balaban J connectivity index is 2.67. The lowest BCUT2D eigenvalue weighted by atomic mass is 10.2.